The number of aliphatic hydroxyl groups is 2. The lowest BCUT2D eigenvalue weighted by molar-refractivity contribution is -0.146. The molecule has 2 aromatic rings. The van der Waals surface area contributed by atoms with Crippen LogP contribution in [0, 0.1) is 0 Å². The monoisotopic (exact) mass is 296 g/mol. The summed E-state index contributed by atoms with van der Waals surface area (Å²) in [6.45, 7) is -0.0965. The van der Waals surface area contributed by atoms with E-state index in [1.165, 1.54) is 18.0 Å². The van der Waals surface area contributed by atoms with Crippen molar-refractivity contribution in [2.45, 2.75) is 18.2 Å². The molecule has 2 aromatic heterocycles. The number of hydrogen-bond donors (Lipinski definition) is 4. The van der Waals surface area contributed by atoms with Crippen LogP contribution in [0.5, 0.6) is 0 Å². The quantitative estimate of drug-likeness (QED) is 0.512. The van der Waals surface area contributed by atoms with E-state index in [-0.39, 0.29) is 11.8 Å². The van der Waals surface area contributed by atoms with E-state index in [1.54, 1.807) is 0 Å². The van der Waals surface area contributed by atoms with E-state index < -0.39 is 18.4 Å². The number of aliphatic hydroxyl groups excluding tert-OH is 2. The number of imidazole rings is 1. The number of rotatable bonds is 4. The van der Waals surface area contributed by atoms with E-state index in [0.717, 1.165) is 0 Å². The van der Waals surface area contributed by atoms with Crippen molar-refractivity contribution in [2.24, 2.45) is 0 Å². The summed E-state index contributed by atoms with van der Waals surface area (Å²) < 4.78 is 7.09. The van der Waals surface area contributed by atoms with Crippen LogP contribution in [0.2, 0.25) is 0 Å². The average molecular weight is 296 g/mol. The Balaban J connectivity index is 2.23. The van der Waals surface area contributed by atoms with Gasteiger partial charge in [0.2, 0.25) is 5.95 Å². The van der Waals surface area contributed by atoms with Crippen molar-refractivity contribution >= 4 is 22.9 Å². The average Bonchev–Trinajstić information content (AvgIpc) is 3.03. The first-order valence-electron chi connectivity index (χ1n) is 6.35. The van der Waals surface area contributed by atoms with E-state index in [9.17, 15) is 10.2 Å². The zero-order valence-corrected chi connectivity index (χ0v) is 11.4. The largest absolute Gasteiger partial charge is 0.391 e. The molecule has 2 atom stereocenters. The van der Waals surface area contributed by atoms with E-state index in [1.807, 2.05) is 0 Å². The number of nitrogens with zero attached hydrogens (tertiary/aromatic N) is 4. The highest BCUT2D eigenvalue weighted by molar-refractivity contribution is 5.84. The van der Waals surface area contributed by atoms with E-state index in [2.05, 4.69) is 20.4 Å². The van der Waals surface area contributed by atoms with Gasteiger partial charge in [0.25, 0.3) is 0 Å². The summed E-state index contributed by atoms with van der Waals surface area (Å²) >= 11 is 0. The van der Waals surface area contributed by atoms with Crippen molar-refractivity contribution < 1.29 is 19.8 Å². The molecule has 3 heterocycles. The number of anilines is 2. The summed E-state index contributed by atoms with van der Waals surface area (Å²) in [5.41, 5.74) is 7.60. The van der Waals surface area contributed by atoms with Gasteiger partial charge in [0.15, 0.2) is 17.2 Å². The molecule has 0 bridgehead atoms. The highest BCUT2D eigenvalue weighted by Crippen LogP contribution is 2.35. The lowest BCUT2D eigenvalue weighted by Gasteiger charge is -2.31. The molecule has 1 fully saturated rings. The summed E-state index contributed by atoms with van der Waals surface area (Å²) in [6, 6.07) is 0. The zero-order valence-electron chi connectivity index (χ0n) is 11.4. The lowest BCUT2D eigenvalue weighted by atomic mass is 10.1. The van der Waals surface area contributed by atoms with Gasteiger partial charge in [-0.15, -0.1) is 0 Å². The number of nitrogens with two attached hydrogens (primary N) is 1. The number of ether oxygens (including phenoxy) is 1. The summed E-state index contributed by atoms with van der Waals surface area (Å²) in [6.07, 6.45) is 0.945. The second-order valence-corrected chi connectivity index (χ2v) is 4.68. The molecule has 0 amide bonds. The molecule has 1 aliphatic heterocycles. The Hall–Kier alpha value is -2.01. The van der Waals surface area contributed by atoms with Crippen LogP contribution >= 0.6 is 0 Å². The van der Waals surface area contributed by atoms with Gasteiger partial charge >= 0.3 is 0 Å². The minimum absolute atomic E-state index is 0.0261. The molecule has 10 nitrogen and oxygen atoms in total. The van der Waals surface area contributed by atoms with Crippen LogP contribution in [0.3, 0.4) is 0 Å². The third-order valence-electron chi connectivity index (χ3n) is 3.52. The van der Waals surface area contributed by atoms with Gasteiger partial charge in [-0.1, -0.05) is 0 Å². The van der Waals surface area contributed by atoms with Gasteiger partial charge in [-0.05, 0) is 0 Å². The maximum absolute atomic E-state index is 10.2. The smallest absolute Gasteiger partial charge is 0.224 e. The minimum Gasteiger partial charge on any atom is -0.391 e. The number of aromatic nitrogens is 4. The Morgan fingerprint density at radius 3 is 3.05 bits per heavy atom. The summed E-state index contributed by atoms with van der Waals surface area (Å²) in [5.74, 6) is 0.297. The third kappa shape index (κ3) is 2.00. The topological polar surface area (TPSA) is 141 Å². The Kier molecular flexibility index (Phi) is 3.37. The maximum atomic E-state index is 10.2. The van der Waals surface area contributed by atoms with Crippen LogP contribution in [0.15, 0.2) is 6.33 Å². The van der Waals surface area contributed by atoms with Crippen molar-refractivity contribution in [1.82, 2.24) is 19.5 Å². The second kappa shape index (κ2) is 5.07. The predicted octanol–water partition coefficient (Wildman–Crippen LogP) is -1.19. The third-order valence-corrected chi connectivity index (χ3v) is 3.52. The molecule has 5 N–H and O–H groups in total. The molecule has 0 unspecified atom stereocenters. The fourth-order valence-corrected chi connectivity index (χ4v) is 2.52. The lowest BCUT2D eigenvalue weighted by Crippen LogP contribution is -2.45. The Bertz CT molecular complexity index is 661. The Labute approximate surface area is 119 Å². The molecule has 0 aliphatic carbocycles. The molecular weight excluding hydrogens is 280 g/mol. The molecule has 0 spiro atoms. The normalized spacial score (nSPS) is 25.6. The van der Waals surface area contributed by atoms with Crippen LogP contribution < -0.4 is 11.2 Å². The maximum Gasteiger partial charge on any atom is 0.224 e. The first kappa shape index (κ1) is 13.9. The molecule has 0 saturated carbocycles. The van der Waals surface area contributed by atoms with E-state index >= 15 is 0 Å². The number of nitrogens with one attached hydrogen (secondary N) is 1. The summed E-state index contributed by atoms with van der Waals surface area (Å²) in [4.78, 5) is 17.1. The van der Waals surface area contributed by atoms with Gasteiger partial charge < -0.3 is 20.7 Å². The van der Waals surface area contributed by atoms with Crippen molar-refractivity contribution in [1.29, 1.82) is 0 Å². The van der Waals surface area contributed by atoms with Crippen molar-refractivity contribution in [3.05, 3.63) is 6.33 Å². The van der Waals surface area contributed by atoms with Gasteiger partial charge in [-0.3, -0.25) is 9.40 Å². The first-order chi connectivity index (χ1) is 10.1. The van der Waals surface area contributed by atoms with Gasteiger partial charge in [0.05, 0.1) is 20.3 Å². The fraction of sp³-hybridized carbons (Fsp3) is 0.545. The molecule has 1 aliphatic rings. The first-order valence-corrected chi connectivity index (χ1v) is 6.35. The molecule has 21 heavy (non-hydrogen) atoms. The Morgan fingerprint density at radius 2 is 2.43 bits per heavy atom. The standard InChI is InChI=1S/C11H16N6O4/c1-20-16-9-7-8(14-10(12)15-9)13-5-17(7)11(4-18)6(19)2-3-21-11/h5-6,18-19H,2-4H2,1H3,(H3,12,14,15,16)/t6-,11-/m0/s1. The van der Waals surface area contributed by atoms with Gasteiger partial charge in [0, 0.05) is 6.42 Å². The molecule has 3 rings (SSSR count). The van der Waals surface area contributed by atoms with Crippen LogP contribution in [0.4, 0.5) is 11.8 Å². The van der Waals surface area contributed by atoms with Gasteiger partial charge in [-0.25, -0.2) is 10.5 Å². The van der Waals surface area contributed by atoms with Crippen LogP contribution in [0.1, 0.15) is 6.42 Å². The van der Waals surface area contributed by atoms with E-state index in [0.29, 0.717) is 24.2 Å². The molecule has 114 valence electrons. The van der Waals surface area contributed by atoms with Crippen LogP contribution in [0.25, 0.3) is 11.2 Å². The molecule has 0 radical (unpaired) electrons. The number of nitrogen functional groups attached to an aromatic ring is 1. The van der Waals surface area contributed by atoms with Crippen LogP contribution in [-0.4, -0.2) is 56.2 Å². The number of fused-ring (bicyclic) bond motifs is 1. The Morgan fingerprint density at radius 1 is 1.62 bits per heavy atom. The molecule has 0 aromatic carbocycles. The summed E-state index contributed by atoms with van der Waals surface area (Å²) in [5, 5.41) is 19.9. The number of hydrogen-bond acceptors (Lipinski definition) is 9. The predicted molar refractivity (Wildman–Crippen MR) is 72.0 cm³/mol. The van der Waals surface area contributed by atoms with Crippen molar-refractivity contribution in [3.63, 3.8) is 0 Å². The van der Waals surface area contributed by atoms with E-state index in [4.69, 9.17) is 15.3 Å². The van der Waals surface area contributed by atoms with Crippen molar-refractivity contribution in [2.75, 3.05) is 31.5 Å². The zero-order chi connectivity index (χ0) is 15.0. The van der Waals surface area contributed by atoms with Gasteiger partial charge in [0.1, 0.15) is 17.9 Å². The van der Waals surface area contributed by atoms with Gasteiger partial charge in [-0.2, -0.15) is 9.97 Å². The minimum atomic E-state index is -1.32. The molecule has 10 heteroatoms. The van der Waals surface area contributed by atoms with Crippen molar-refractivity contribution in [3.8, 4) is 0 Å². The molecule has 1 saturated heterocycles. The SMILES string of the molecule is CONc1nc(N)nc2ncn([C@@]3(CO)OCC[C@@H]3O)c12. The molecular formula is C11H16N6O4. The van der Waals surface area contributed by atoms with Crippen LogP contribution in [-0.2, 0) is 15.3 Å². The fourth-order valence-electron chi connectivity index (χ4n) is 2.52. The highest BCUT2D eigenvalue weighted by Gasteiger charge is 2.46. The highest BCUT2D eigenvalue weighted by atomic mass is 16.6. The summed E-state index contributed by atoms with van der Waals surface area (Å²) in [7, 11) is 1.42. The second-order valence-electron chi connectivity index (χ2n) is 4.68.